The Kier molecular flexibility index (Phi) is 4.99. The Morgan fingerprint density at radius 3 is 2.81 bits per heavy atom. The van der Waals surface area contributed by atoms with E-state index in [1.54, 1.807) is 18.6 Å². The summed E-state index contributed by atoms with van der Waals surface area (Å²) >= 11 is 6.35. The Balaban J connectivity index is 1.42. The van der Waals surface area contributed by atoms with Crippen molar-refractivity contribution in [3.05, 3.63) is 71.5 Å². The number of hydrogen-bond acceptors (Lipinski definition) is 7. The second kappa shape index (κ2) is 7.97. The maximum atomic E-state index is 6.35. The van der Waals surface area contributed by atoms with Gasteiger partial charge in [0.2, 0.25) is 0 Å². The van der Waals surface area contributed by atoms with Crippen molar-refractivity contribution in [2.75, 3.05) is 11.5 Å². The molecule has 5 aromatic rings. The van der Waals surface area contributed by atoms with Gasteiger partial charge in [0.1, 0.15) is 24.5 Å². The number of nitrogens with zero attached hydrogens (tertiary/aromatic N) is 5. The van der Waals surface area contributed by atoms with E-state index in [1.807, 2.05) is 34.9 Å². The van der Waals surface area contributed by atoms with Crippen LogP contribution in [-0.4, -0.2) is 24.5 Å². The van der Waals surface area contributed by atoms with Crippen LogP contribution in [-0.2, 0) is 13.0 Å². The van der Waals surface area contributed by atoms with Gasteiger partial charge in [-0.15, -0.1) is 0 Å². The van der Waals surface area contributed by atoms with Crippen LogP contribution in [0.4, 0.5) is 11.5 Å². The third kappa shape index (κ3) is 3.54. The molecule has 0 amide bonds. The normalized spacial score (nSPS) is 11.3. The van der Waals surface area contributed by atoms with E-state index in [0.29, 0.717) is 34.2 Å². The molecule has 32 heavy (non-hydrogen) atoms. The summed E-state index contributed by atoms with van der Waals surface area (Å²) < 4.78 is 7.85. The zero-order valence-corrected chi connectivity index (χ0v) is 18.0. The lowest BCUT2D eigenvalue weighted by Crippen LogP contribution is -2.01. The molecule has 0 bridgehead atoms. The molecular formula is C23H20ClN7O. The van der Waals surface area contributed by atoms with Crippen LogP contribution in [0.3, 0.4) is 0 Å². The maximum absolute atomic E-state index is 6.35. The summed E-state index contributed by atoms with van der Waals surface area (Å²) in [7, 11) is 0. The van der Waals surface area contributed by atoms with Gasteiger partial charge >= 0.3 is 0 Å². The number of benzene rings is 1. The van der Waals surface area contributed by atoms with Gasteiger partial charge < -0.3 is 16.2 Å². The predicted octanol–water partition coefficient (Wildman–Crippen LogP) is 4.32. The monoisotopic (exact) mass is 445 g/mol. The number of fused-ring (bicyclic) bond motifs is 2. The van der Waals surface area contributed by atoms with Gasteiger partial charge in [0.05, 0.1) is 27.8 Å². The Bertz CT molecular complexity index is 1460. The summed E-state index contributed by atoms with van der Waals surface area (Å²) in [5, 5.41) is 2.01. The number of nitrogens with two attached hydrogens (primary N) is 2. The molecule has 1 aromatic carbocycles. The lowest BCUT2D eigenvalue weighted by molar-refractivity contribution is 0.306. The van der Waals surface area contributed by atoms with Gasteiger partial charge in [-0.25, -0.2) is 9.97 Å². The van der Waals surface area contributed by atoms with Crippen molar-refractivity contribution in [2.45, 2.75) is 20.0 Å². The molecule has 4 aromatic heterocycles. The van der Waals surface area contributed by atoms with Crippen molar-refractivity contribution in [2.24, 2.45) is 0 Å². The number of ether oxygens (including phenoxy) is 1. The number of anilines is 2. The number of pyridine rings is 2. The van der Waals surface area contributed by atoms with E-state index in [2.05, 4.69) is 26.9 Å². The van der Waals surface area contributed by atoms with Crippen LogP contribution in [0.15, 0.2) is 55.2 Å². The summed E-state index contributed by atoms with van der Waals surface area (Å²) in [6, 6.07) is 9.60. The molecule has 0 atom stereocenters. The van der Waals surface area contributed by atoms with Gasteiger partial charge in [0, 0.05) is 40.8 Å². The van der Waals surface area contributed by atoms with Gasteiger partial charge in [-0.05, 0) is 30.7 Å². The molecule has 0 saturated heterocycles. The highest BCUT2D eigenvalue weighted by molar-refractivity contribution is 6.36. The molecule has 0 aliphatic rings. The van der Waals surface area contributed by atoms with Crippen LogP contribution in [0.1, 0.15) is 18.2 Å². The van der Waals surface area contributed by atoms with Crippen LogP contribution < -0.4 is 16.2 Å². The molecule has 0 fully saturated rings. The molecular weight excluding hydrogens is 426 g/mol. The molecule has 160 valence electrons. The quantitative estimate of drug-likeness (QED) is 0.413. The van der Waals surface area contributed by atoms with E-state index in [0.717, 1.165) is 40.0 Å². The summed E-state index contributed by atoms with van der Waals surface area (Å²) in [6.45, 7) is 2.38. The van der Waals surface area contributed by atoms with Gasteiger partial charge in [-0.1, -0.05) is 18.5 Å². The molecule has 0 radical (unpaired) electrons. The van der Waals surface area contributed by atoms with Gasteiger partial charge in [-0.3, -0.25) is 14.5 Å². The second-order valence-electron chi connectivity index (χ2n) is 7.38. The standard InChI is InChI=1S/C23H20ClN7O/c1-2-14-6-19(25)17-4-3-16(7-20(17)30-14)32-11-13-5-15(9-27-8-13)31-10-18(24)21-22(26)28-12-29-23(21)31/h3-10,12H,2,11H2,1H3,(H2,25,30)(H2,26,28,29). The van der Waals surface area contributed by atoms with Crippen molar-refractivity contribution in [1.29, 1.82) is 0 Å². The largest absolute Gasteiger partial charge is 0.489 e. The zero-order valence-electron chi connectivity index (χ0n) is 17.3. The van der Waals surface area contributed by atoms with Gasteiger partial charge in [-0.2, -0.15) is 0 Å². The number of hydrogen-bond donors (Lipinski definition) is 2. The molecule has 0 unspecified atom stereocenters. The SMILES string of the molecule is CCc1cc(N)c2ccc(OCc3cncc(-n4cc(Cl)c5c(N)ncnc54)c3)cc2n1. The average molecular weight is 446 g/mol. The number of aromatic nitrogens is 5. The minimum Gasteiger partial charge on any atom is -0.489 e. The first-order chi connectivity index (χ1) is 15.5. The van der Waals surface area contributed by atoms with Crippen molar-refractivity contribution >= 4 is 45.0 Å². The Labute approximate surface area is 188 Å². The molecule has 0 spiro atoms. The smallest absolute Gasteiger partial charge is 0.151 e. The highest BCUT2D eigenvalue weighted by Crippen LogP contribution is 2.30. The number of aryl methyl sites for hydroxylation is 1. The number of nitrogen functional groups attached to an aromatic ring is 2. The minimum atomic E-state index is 0.333. The van der Waals surface area contributed by atoms with E-state index in [-0.39, 0.29) is 0 Å². The molecule has 0 saturated carbocycles. The fourth-order valence-corrected chi connectivity index (χ4v) is 3.93. The van der Waals surface area contributed by atoms with Crippen LogP contribution in [0.2, 0.25) is 5.02 Å². The van der Waals surface area contributed by atoms with E-state index < -0.39 is 0 Å². The zero-order chi connectivity index (χ0) is 22.2. The lowest BCUT2D eigenvalue weighted by atomic mass is 10.1. The van der Waals surface area contributed by atoms with Crippen molar-refractivity contribution < 1.29 is 4.74 Å². The molecule has 0 aliphatic heterocycles. The van der Waals surface area contributed by atoms with Crippen molar-refractivity contribution in [3.63, 3.8) is 0 Å². The fraction of sp³-hybridized carbons (Fsp3) is 0.130. The Morgan fingerprint density at radius 1 is 1.09 bits per heavy atom. The topological polar surface area (TPSA) is 118 Å². The molecule has 4 N–H and O–H groups in total. The summed E-state index contributed by atoms with van der Waals surface area (Å²) in [5.74, 6) is 1.04. The second-order valence-corrected chi connectivity index (χ2v) is 7.79. The van der Waals surface area contributed by atoms with E-state index >= 15 is 0 Å². The van der Waals surface area contributed by atoms with Gasteiger partial charge in [0.25, 0.3) is 0 Å². The molecule has 0 aliphatic carbocycles. The molecule has 9 heteroatoms. The van der Waals surface area contributed by atoms with Crippen LogP contribution >= 0.6 is 11.6 Å². The fourth-order valence-electron chi connectivity index (χ4n) is 3.65. The molecule has 8 nitrogen and oxygen atoms in total. The van der Waals surface area contributed by atoms with Crippen LogP contribution in [0.5, 0.6) is 5.75 Å². The first kappa shape index (κ1) is 20.0. The molecule has 4 heterocycles. The average Bonchev–Trinajstić information content (AvgIpc) is 3.15. The third-order valence-corrected chi connectivity index (χ3v) is 5.55. The maximum Gasteiger partial charge on any atom is 0.151 e. The minimum absolute atomic E-state index is 0.333. The summed E-state index contributed by atoms with van der Waals surface area (Å²) in [5.41, 5.74) is 16.9. The van der Waals surface area contributed by atoms with E-state index in [1.165, 1.54) is 6.33 Å². The first-order valence-electron chi connectivity index (χ1n) is 10.1. The van der Waals surface area contributed by atoms with Crippen molar-refractivity contribution in [3.8, 4) is 11.4 Å². The Hall–Kier alpha value is -3.91. The highest BCUT2D eigenvalue weighted by atomic mass is 35.5. The number of rotatable bonds is 5. The number of halogens is 1. The Morgan fingerprint density at radius 2 is 1.97 bits per heavy atom. The predicted molar refractivity (Wildman–Crippen MR) is 126 cm³/mol. The van der Waals surface area contributed by atoms with Crippen LogP contribution in [0, 0.1) is 0 Å². The highest BCUT2D eigenvalue weighted by Gasteiger charge is 2.14. The summed E-state index contributed by atoms with van der Waals surface area (Å²) in [4.78, 5) is 17.3. The summed E-state index contributed by atoms with van der Waals surface area (Å²) in [6.07, 6.45) is 7.47. The molecule has 5 rings (SSSR count). The van der Waals surface area contributed by atoms with Gasteiger partial charge in [0.15, 0.2) is 5.65 Å². The first-order valence-corrected chi connectivity index (χ1v) is 10.4. The van der Waals surface area contributed by atoms with Crippen LogP contribution in [0.25, 0.3) is 27.6 Å². The lowest BCUT2D eigenvalue weighted by Gasteiger charge is -2.10. The van der Waals surface area contributed by atoms with E-state index in [4.69, 9.17) is 27.8 Å². The van der Waals surface area contributed by atoms with Crippen molar-refractivity contribution in [1.82, 2.24) is 24.5 Å². The third-order valence-electron chi connectivity index (χ3n) is 5.26. The van der Waals surface area contributed by atoms with E-state index in [9.17, 15) is 0 Å².